The number of benzene rings is 3. The van der Waals surface area contributed by atoms with Crippen LogP contribution >= 0.6 is 0 Å². The van der Waals surface area contributed by atoms with Gasteiger partial charge in [0, 0.05) is 25.0 Å². The number of sulfonamides is 1. The lowest BCUT2D eigenvalue weighted by molar-refractivity contribution is 0.598. The van der Waals surface area contributed by atoms with Crippen molar-refractivity contribution >= 4 is 21.9 Å². The first-order valence-corrected chi connectivity index (χ1v) is 10.7. The molecule has 0 saturated heterocycles. The molecular formula is C23H24N2O2S. The van der Waals surface area contributed by atoms with E-state index in [2.05, 4.69) is 28.4 Å². The zero-order valence-corrected chi connectivity index (χ0v) is 16.9. The zero-order chi connectivity index (χ0) is 20.0. The summed E-state index contributed by atoms with van der Waals surface area (Å²) in [6, 6.07) is 24.8. The number of hydrogen-bond acceptors (Lipinski definition) is 3. The Morgan fingerprint density at radius 2 is 1.54 bits per heavy atom. The molecule has 0 spiro atoms. The molecule has 0 N–H and O–H groups in total. The SMILES string of the molecule is CCN(Cc1ccccc1)c1ccc(/C=N\S(=O)(=O)c2ccc(C)cc2)cc1. The Balaban J connectivity index is 1.73. The highest BCUT2D eigenvalue weighted by molar-refractivity contribution is 7.90. The summed E-state index contributed by atoms with van der Waals surface area (Å²) in [6.45, 7) is 5.74. The summed E-state index contributed by atoms with van der Waals surface area (Å²) in [5.41, 5.74) is 4.09. The third-order valence-electron chi connectivity index (χ3n) is 4.52. The van der Waals surface area contributed by atoms with Gasteiger partial charge in [-0.25, -0.2) is 0 Å². The smallest absolute Gasteiger partial charge is 0.282 e. The fourth-order valence-corrected chi connectivity index (χ4v) is 3.72. The maximum absolute atomic E-state index is 12.3. The fourth-order valence-electron chi connectivity index (χ4n) is 2.86. The number of hydrogen-bond donors (Lipinski definition) is 0. The molecule has 0 radical (unpaired) electrons. The van der Waals surface area contributed by atoms with Crippen LogP contribution in [0.15, 0.2) is 88.2 Å². The minimum Gasteiger partial charge on any atom is -0.367 e. The van der Waals surface area contributed by atoms with Crippen LogP contribution in [0.4, 0.5) is 5.69 Å². The van der Waals surface area contributed by atoms with E-state index in [1.54, 1.807) is 24.3 Å². The van der Waals surface area contributed by atoms with Crippen LogP contribution in [0.2, 0.25) is 0 Å². The molecule has 0 unspecified atom stereocenters. The predicted octanol–water partition coefficient (Wildman–Crippen LogP) is 4.83. The molecule has 0 heterocycles. The van der Waals surface area contributed by atoms with Crippen molar-refractivity contribution in [1.29, 1.82) is 0 Å². The second-order valence-electron chi connectivity index (χ2n) is 6.61. The Labute approximate surface area is 167 Å². The van der Waals surface area contributed by atoms with E-state index in [1.165, 1.54) is 11.8 Å². The molecule has 0 fully saturated rings. The maximum atomic E-state index is 12.3. The third-order valence-corrected chi connectivity index (χ3v) is 5.77. The van der Waals surface area contributed by atoms with E-state index in [1.807, 2.05) is 49.4 Å². The molecule has 0 aliphatic heterocycles. The Bertz CT molecular complexity index is 1030. The van der Waals surface area contributed by atoms with Gasteiger partial charge in [0.1, 0.15) is 0 Å². The van der Waals surface area contributed by atoms with Crippen molar-refractivity contribution in [2.75, 3.05) is 11.4 Å². The Hall–Kier alpha value is -2.92. The number of nitrogens with zero attached hydrogens (tertiary/aromatic N) is 2. The molecule has 144 valence electrons. The minimum absolute atomic E-state index is 0.200. The van der Waals surface area contributed by atoms with Gasteiger partial charge in [0.2, 0.25) is 0 Å². The van der Waals surface area contributed by atoms with Gasteiger partial charge in [-0.2, -0.15) is 12.8 Å². The van der Waals surface area contributed by atoms with Gasteiger partial charge in [-0.15, -0.1) is 0 Å². The van der Waals surface area contributed by atoms with Gasteiger partial charge in [0.25, 0.3) is 10.0 Å². The maximum Gasteiger partial charge on any atom is 0.282 e. The zero-order valence-electron chi connectivity index (χ0n) is 16.1. The fraction of sp³-hybridized carbons (Fsp3) is 0.174. The molecule has 3 aromatic rings. The molecule has 0 bridgehead atoms. The van der Waals surface area contributed by atoms with Gasteiger partial charge >= 0.3 is 0 Å². The van der Waals surface area contributed by atoms with E-state index >= 15 is 0 Å². The van der Waals surface area contributed by atoms with Crippen LogP contribution in [0, 0.1) is 6.92 Å². The van der Waals surface area contributed by atoms with E-state index < -0.39 is 10.0 Å². The number of rotatable bonds is 7. The highest BCUT2D eigenvalue weighted by atomic mass is 32.2. The number of anilines is 1. The van der Waals surface area contributed by atoms with Crippen molar-refractivity contribution in [1.82, 2.24) is 0 Å². The van der Waals surface area contributed by atoms with Crippen molar-refractivity contribution in [3.8, 4) is 0 Å². The molecule has 0 aliphatic rings. The van der Waals surface area contributed by atoms with Gasteiger partial charge < -0.3 is 4.90 Å². The van der Waals surface area contributed by atoms with Gasteiger partial charge in [0.15, 0.2) is 0 Å². The largest absolute Gasteiger partial charge is 0.367 e. The van der Waals surface area contributed by atoms with Gasteiger partial charge in [0.05, 0.1) is 4.90 Å². The molecular weight excluding hydrogens is 368 g/mol. The van der Waals surface area contributed by atoms with Crippen LogP contribution in [-0.2, 0) is 16.6 Å². The van der Waals surface area contributed by atoms with E-state index in [-0.39, 0.29) is 4.90 Å². The monoisotopic (exact) mass is 392 g/mol. The molecule has 0 aliphatic carbocycles. The molecule has 0 amide bonds. The normalized spacial score (nSPS) is 11.6. The first kappa shape index (κ1) is 19.8. The average molecular weight is 393 g/mol. The second-order valence-corrected chi connectivity index (χ2v) is 8.25. The highest BCUT2D eigenvalue weighted by Gasteiger charge is 2.11. The van der Waals surface area contributed by atoms with Gasteiger partial charge in [-0.1, -0.05) is 60.2 Å². The summed E-state index contributed by atoms with van der Waals surface area (Å²) in [5, 5.41) is 0. The second kappa shape index (κ2) is 8.85. The van der Waals surface area contributed by atoms with Crippen LogP contribution in [0.25, 0.3) is 0 Å². The third kappa shape index (κ3) is 5.08. The Morgan fingerprint density at radius 1 is 0.893 bits per heavy atom. The van der Waals surface area contributed by atoms with E-state index in [0.29, 0.717) is 0 Å². The van der Waals surface area contributed by atoms with Crippen LogP contribution in [-0.4, -0.2) is 21.2 Å². The highest BCUT2D eigenvalue weighted by Crippen LogP contribution is 2.18. The molecule has 3 rings (SSSR count). The van der Waals surface area contributed by atoms with E-state index in [9.17, 15) is 8.42 Å². The van der Waals surface area contributed by atoms with E-state index in [0.717, 1.165) is 29.9 Å². The van der Waals surface area contributed by atoms with E-state index in [4.69, 9.17) is 0 Å². The van der Waals surface area contributed by atoms with Crippen LogP contribution < -0.4 is 4.90 Å². The lowest BCUT2D eigenvalue weighted by atomic mass is 10.1. The topological polar surface area (TPSA) is 49.7 Å². The summed E-state index contributed by atoms with van der Waals surface area (Å²) in [6.07, 6.45) is 1.40. The molecule has 28 heavy (non-hydrogen) atoms. The van der Waals surface area contributed by atoms with Crippen LogP contribution in [0.5, 0.6) is 0 Å². The first-order chi connectivity index (χ1) is 13.5. The van der Waals surface area contributed by atoms with Crippen LogP contribution in [0.3, 0.4) is 0 Å². The lowest BCUT2D eigenvalue weighted by Crippen LogP contribution is -2.21. The molecule has 4 nitrogen and oxygen atoms in total. The lowest BCUT2D eigenvalue weighted by Gasteiger charge is -2.23. The molecule has 0 atom stereocenters. The average Bonchev–Trinajstić information content (AvgIpc) is 2.72. The van der Waals surface area contributed by atoms with Crippen molar-refractivity contribution in [3.05, 3.63) is 95.6 Å². The molecule has 0 aromatic heterocycles. The Kier molecular flexibility index (Phi) is 6.26. The van der Waals surface area contributed by atoms with Gasteiger partial charge in [-0.05, 0) is 49.2 Å². The standard InChI is InChI=1S/C23H24N2O2S/c1-3-25(18-21-7-5-4-6-8-21)22-13-11-20(12-14-22)17-24-28(26,27)23-15-9-19(2)10-16-23/h4-17H,3,18H2,1-2H3/b24-17-. The van der Waals surface area contributed by atoms with Crippen LogP contribution in [0.1, 0.15) is 23.6 Å². The van der Waals surface area contributed by atoms with Crippen molar-refractivity contribution in [2.24, 2.45) is 4.40 Å². The van der Waals surface area contributed by atoms with Crippen molar-refractivity contribution in [3.63, 3.8) is 0 Å². The summed E-state index contributed by atoms with van der Waals surface area (Å²) >= 11 is 0. The summed E-state index contributed by atoms with van der Waals surface area (Å²) in [7, 11) is -3.69. The molecule has 5 heteroatoms. The van der Waals surface area contributed by atoms with Crippen molar-refractivity contribution in [2.45, 2.75) is 25.3 Å². The first-order valence-electron chi connectivity index (χ1n) is 9.24. The Morgan fingerprint density at radius 3 is 2.14 bits per heavy atom. The van der Waals surface area contributed by atoms with Crippen molar-refractivity contribution < 1.29 is 8.42 Å². The molecule has 0 saturated carbocycles. The quantitative estimate of drug-likeness (QED) is 0.541. The summed E-state index contributed by atoms with van der Waals surface area (Å²) in [5.74, 6) is 0. The van der Waals surface area contributed by atoms with Gasteiger partial charge in [-0.3, -0.25) is 0 Å². The minimum atomic E-state index is -3.69. The molecule has 3 aromatic carbocycles. The summed E-state index contributed by atoms with van der Waals surface area (Å²) in [4.78, 5) is 2.46. The summed E-state index contributed by atoms with van der Waals surface area (Å²) < 4.78 is 28.5. The predicted molar refractivity (Wildman–Crippen MR) is 116 cm³/mol. The number of aryl methyl sites for hydroxylation is 1.